The van der Waals surface area contributed by atoms with E-state index in [0.29, 0.717) is 16.6 Å². The highest BCUT2D eigenvalue weighted by Crippen LogP contribution is 2.31. The number of nitrogens with one attached hydrogen (secondary N) is 1. The van der Waals surface area contributed by atoms with Crippen molar-refractivity contribution in [3.8, 4) is 5.75 Å². The first-order valence-electron chi connectivity index (χ1n) is 7.29. The number of hydrogen-bond donors (Lipinski definition) is 2. The summed E-state index contributed by atoms with van der Waals surface area (Å²) in [6.45, 7) is 0.429. The second kappa shape index (κ2) is 7.18. The van der Waals surface area contributed by atoms with Crippen LogP contribution in [0.1, 0.15) is 11.1 Å². The van der Waals surface area contributed by atoms with Gasteiger partial charge in [0, 0.05) is 17.7 Å². The Morgan fingerprint density at radius 1 is 1.24 bits per heavy atom. The number of carbonyl (C=O) groups is 1. The molecule has 1 aliphatic heterocycles. The van der Waals surface area contributed by atoms with Crippen LogP contribution in [-0.4, -0.2) is 21.1 Å². The Hall–Kier alpha value is -3.13. The zero-order chi connectivity index (χ0) is 17.8. The summed E-state index contributed by atoms with van der Waals surface area (Å²) in [5.41, 5.74) is 1.06. The summed E-state index contributed by atoms with van der Waals surface area (Å²) >= 11 is 1.13. The second-order valence-corrected chi connectivity index (χ2v) is 6.20. The molecule has 7 nitrogen and oxygen atoms in total. The van der Waals surface area contributed by atoms with Gasteiger partial charge in [-0.2, -0.15) is 0 Å². The van der Waals surface area contributed by atoms with Crippen LogP contribution in [-0.2, 0) is 11.3 Å². The molecule has 126 valence electrons. The highest BCUT2D eigenvalue weighted by Gasteiger charge is 2.24. The number of amidine groups is 1. The molecule has 8 heteroatoms. The molecule has 2 N–H and O–H groups in total. The predicted octanol–water partition coefficient (Wildman–Crippen LogP) is 3.06. The highest BCUT2D eigenvalue weighted by atomic mass is 32.2. The van der Waals surface area contributed by atoms with Crippen LogP contribution in [0.15, 0.2) is 58.4 Å². The van der Waals surface area contributed by atoms with Crippen molar-refractivity contribution in [3.63, 3.8) is 0 Å². The molecular formula is C17H13N3O4S. The molecular weight excluding hydrogens is 342 g/mol. The number of phenols is 1. The van der Waals surface area contributed by atoms with Crippen molar-refractivity contribution < 1.29 is 14.8 Å². The molecule has 2 aromatic rings. The Morgan fingerprint density at radius 3 is 2.72 bits per heavy atom. The van der Waals surface area contributed by atoms with Crippen molar-refractivity contribution in [2.45, 2.75) is 6.54 Å². The maximum Gasteiger partial charge on any atom is 0.270 e. The fourth-order valence-corrected chi connectivity index (χ4v) is 2.97. The standard InChI is InChI=1S/C17H13N3O4S/c21-14-7-6-13(20(23)24)8-12(14)9-15-16(22)19-17(25-15)18-10-11-4-2-1-3-5-11/h1-9,21H,10H2,(H,18,19,22)/b15-9-. The van der Waals surface area contributed by atoms with Gasteiger partial charge in [-0.05, 0) is 29.5 Å². The number of non-ortho nitro benzene ring substituents is 1. The summed E-state index contributed by atoms with van der Waals surface area (Å²) in [4.78, 5) is 27.0. The van der Waals surface area contributed by atoms with Crippen molar-refractivity contribution in [2.24, 2.45) is 4.99 Å². The molecule has 0 saturated carbocycles. The van der Waals surface area contributed by atoms with E-state index in [1.807, 2.05) is 30.3 Å². The van der Waals surface area contributed by atoms with Gasteiger partial charge in [0.2, 0.25) is 0 Å². The number of rotatable bonds is 4. The fourth-order valence-electron chi connectivity index (χ4n) is 2.16. The summed E-state index contributed by atoms with van der Waals surface area (Å²) in [6, 6.07) is 13.2. The number of hydrogen-bond acceptors (Lipinski definition) is 6. The molecule has 1 fully saturated rings. The van der Waals surface area contributed by atoms with Crippen LogP contribution in [0.25, 0.3) is 6.08 Å². The van der Waals surface area contributed by atoms with Gasteiger partial charge in [0.15, 0.2) is 5.17 Å². The average Bonchev–Trinajstić information content (AvgIpc) is 2.95. The molecule has 0 spiro atoms. The summed E-state index contributed by atoms with van der Waals surface area (Å²) < 4.78 is 0. The number of carbonyl (C=O) groups excluding carboxylic acids is 1. The third-order valence-corrected chi connectivity index (χ3v) is 4.36. The first kappa shape index (κ1) is 16.7. The first-order valence-corrected chi connectivity index (χ1v) is 8.11. The summed E-state index contributed by atoms with van der Waals surface area (Å²) in [7, 11) is 0. The number of benzene rings is 2. The molecule has 0 aliphatic carbocycles. The van der Waals surface area contributed by atoms with E-state index in [4.69, 9.17) is 0 Å². The van der Waals surface area contributed by atoms with Crippen molar-refractivity contribution in [1.29, 1.82) is 0 Å². The van der Waals surface area contributed by atoms with E-state index < -0.39 is 4.92 Å². The molecule has 0 unspecified atom stereocenters. The van der Waals surface area contributed by atoms with E-state index in [0.717, 1.165) is 17.3 Å². The summed E-state index contributed by atoms with van der Waals surface area (Å²) in [5.74, 6) is -0.496. The number of aliphatic imine (C=N–C) groups is 1. The van der Waals surface area contributed by atoms with Crippen LogP contribution in [0.2, 0.25) is 0 Å². The Labute approximate surface area is 147 Å². The molecule has 1 aliphatic rings. The SMILES string of the molecule is O=C1NC(=NCc2ccccc2)S/C1=C\c1cc([N+](=O)[O-])ccc1O. The maximum atomic E-state index is 12.0. The third kappa shape index (κ3) is 4.04. The number of nitro benzene ring substituents is 1. The van der Waals surface area contributed by atoms with E-state index in [9.17, 15) is 20.0 Å². The zero-order valence-corrected chi connectivity index (χ0v) is 13.7. The lowest BCUT2D eigenvalue weighted by Crippen LogP contribution is -2.19. The number of amides is 1. The van der Waals surface area contributed by atoms with Crippen LogP contribution in [0, 0.1) is 10.1 Å². The molecule has 1 heterocycles. The smallest absolute Gasteiger partial charge is 0.270 e. The van der Waals surface area contributed by atoms with Crippen molar-refractivity contribution in [1.82, 2.24) is 5.32 Å². The van der Waals surface area contributed by atoms with Gasteiger partial charge in [-0.1, -0.05) is 30.3 Å². The number of phenolic OH excluding ortho intramolecular Hbond substituents is 1. The van der Waals surface area contributed by atoms with Crippen molar-refractivity contribution >= 4 is 34.6 Å². The van der Waals surface area contributed by atoms with Crippen LogP contribution in [0.3, 0.4) is 0 Å². The Morgan fingerprint density at radius 2 is 2.00 bits per heavy atom. The lowest BCUT2D eigenvalue weighted by molar-refractivity contribution is -0.384. The molecule has 2 aromatic carbocycles. The molecule has 25 heavy (non-hydrogen) atoms. The van der Waals surface area contributed by atoms with Crippen LogP contribution in [0.4, 0.5) is 5.69 Å². The van der Waals surface area contributed by atoms with Crippen molar-refractivity contribution in [2.75, 3.05) is 0 Å². The van der Waals surface area contributed by atoms with Crippen molar-refractivity contribution in [3.05, 3.63) is 74.7 Å². The molecule has 0 aromatic heterocycles. The normalized spacial score (nSPS) is 17.0. The maximum absolute atomic E-state index is 12.0. The molecule has 1 amide bonds. The Kier molecular flexibility index (Phi) is 4.80. The lowest BCUT2D eigenvalue weighted by atomic mass is 10.1. The average molecular weight is 355 g/mol. The molecule has 0 radical (unpaired) electrons. The number of nitro groups is 1. The number of aromatic hydroxyl groups is 1. The minimum Gasteiger partial charge on any atom is -0.507 e. The minimum atomic E-state index is -0.559. The second-order valence-electron chi connectivity index (χ2n) is 5.17. The minimum absolute atomic E-state index is 0.138. The number of nitrogens with zero attached hydrogens (tertiary/aromatic N) is 2. The van der Waals surface area contributed by atoms with Crippen LogP contribution >= 0.6 is 11.8 Å². The van der Waals surface area contributed by atoms with Gasteiger partial charge < -0.3 is 10.4 Å². The summed E-state index contributed by atoms with van der Waals surface area (Å²) in [5, 5.41) is 23.8. The van der Waals surface area contributed by atoms with Gasteiger partial charge in [-0.25, -0.2) is 0 Å². The third-order valence-electron chi connectivity index (χ3n) is 3.41. The van der Waals surface area contributed by atoms with Gasteiger partial charge in [0.1, 0.15) is 5.75 Å². The van der Waals surface area contributed by atoms with E-state index in [-0.39, 0.29) is 22.9 Å². The molecule has 1 saturated heterocycles. The van der Waals surface area contributed by atoms with Crippen LogP contribution in [0.5, 0.6) is 5.75 Å². The predicted molar refractivity (Wildman–Crippen MR) is 96.1 cm³/mol. The van der Waals surface area contributed by atoms with Gasteiger partial charge in [-0.15, -0.1) is 0 Å². The monoisotopic (exact) mass is 355 g/mol. The van der Waals surface area contributed by atoms with E-state index in [2.05, 4.69) is 10.3 Å². The van der Waals surface area contributed by atoms with E-state index in [1.54, 1.807) is 0 Å². The Balaban J connectivity index is 1.80. The van der Waals surface area contributed by atoms with Gasteiger partial charge in [0.05, 0.1) is 16.4 Å². The lowest BCUT2D eigenvalue weighted by Gasteiger charge is -2.00. The Bertz CT molecular complexity index is 894. The molecule has 3 rings (SSSR count). The zero-order valence-electron chi connectivity index (χ0n) is 12.9. The van der Waals surface area contributed by atoms with Gasteiger partial charge in [0.25, 0.3) is 11.6 Å². The topological polar surface area (TPSA) is 105 Å². The fraction of sp³-hybridized carbons (Fsp3) is 0.0588. The van der Waals surface area contributed by atoms with Gasteiger partial charge >= 0.3 is 0 Å². The van der Waals surface area contributed by atoms with E-state index in [1.165, 1.54) is 24.3 Å². The van der Waals surface area contributed by atoms with Crippen LogP contribution < -0.4 is 5.32 Å². The highest BCUT2D eigenvalue weighted by molar-refractivity contribution is 8.18. The summed E-state index contributed by atoms with van der Waals surface area (Å²) in [6.07, 6.45) is 1.41. The number of thioether (sulfide) groups is 1. The quantitative estimate of drug-likeness (QED) is 0.498. The van der Waals surface area contributed by atoms with E-state index >= 15 is 0 Å². The largest absolute Gasteiger partial charge is 0.507 e. The first-order chi connectivity index (χ1) is 12.0. The molecule has 0 bridgehead atoms. The van der Waals surface area contributed by atoms with Gasteiger partial charge in [-0.3, -0.25) is 19.9 Å². The molecule has 0 atom stereocenters.